The Labute approximate surface area is 149 Å². The minimum Gasteiger partial charge on any atom is -0.355 e. The molecule has 3 rings (SSSR count). The van der Waals surface area contributed by atoms with Crippen LogP contribution < -0.4 is 5.32 Å². The third-order valence-corrected chi connectivity index (χ3v) is 4.46. The van der Waals surface area contributed by atoms with E-state index in [4.69, 9.17) is 5.26 Å². The third kappa shape index (κ3) is 3.81. The first-order valence-corrected chi connectivity index (χ1v) is 9.53. The van der Waals surface area contributed by atoms with Gasteiger partial charge in [0.05, 0.1) is 27.6 Å². The Balaban J connectivity index is 0.00000117. The van der Waals surface area contributed by atoms with Gasteiger partial charge in [-0.05, 0) is 30.3 Å². The van der Waals surface area contributed by atoms with E-state index in [0.29, 0.717) is 0 Å². The van der Waals surface area contributed by atoms with Crippen LogP contribution >= 0.6 is 0 Å². The van der Waals surface area contributed by atoms with Crippen LogP contribution in [0, 0.1) is 23.1 Å². The number of aromatic amines is 1. The molecule has 0 aliphatic carbocycles. The number of H-pyrrole nitrogens is 1. The first-order valence-electron chi connectivity index (χ1n) is 7.64. The van der Waals surface area contributed by atoms with Crippen LogP contribution in [0.25, 0.3) is 10.9 Å². The minimum absolute atomic E-state index is 0.0584. The van der Waals surface area contributed by atoms with Gasteiger partial charge < -0.3 is 5.32 Å². The standard InChI is InChI=1S/C15H10F2N4O2S.C2H6/c1-24(22,23)12-3-2-11(13-14(12)20-21-15(13)17)19-10-5-8(7-18)4-9(16)6-10;1-2/h2-6,19H,1H3,(H,20,21);1-2H3. The van der Waals surface area contributed by atoms with Gasteiger partial charge in [0.25, 0.3) is 0 Å². The van der Waals surface area contributed by atoms with Crippen molar-refractivity contribution in [3.05, 3.63) is 47.7 Å². The maximum atomic E-state index is 14.0. The van der Waals surface area contributed by atoms with Gasteiger partial charge in [0.15, 0.2) is 9.84 Å². The number of nitriles is 1. The lowest BCUT2D eigenvalue weighted by Crippen LogP contribution is -2.00. The van der Waals surface area contributed by atoms with Crippen molar-refractivity contribution in [1.82, 2.24) is 10.2 Å². The molecular formula is C17H16F2N4O2S. The van der Waals surface area contributed by atoms with Gasteiger partial charge in [-0.3, -0.25) is 5.10 Å². The molecule has 0 bridgehead atoms. The molecule has 0 aliphatic rings. The van der Waals surface area contributed by atoms with Crippen molar-refractivity contribution in [2.45, 2.75) is 18.7 Å². The van der Waals surface area contributed by atoms with Gasteiger partial charge >= 0.3 is 0 Å². The van der Waals surface area contributed by atoms with Crippen molar-refractivity contribution >= 4 is 32.1 Å². The van der Waals surface area contributed by atoms with Gasteiger partial charge in [0, 0.05) is 11.9 Å². The number of hydrogen-bond donors (Lipinski definition) is 2. The topological polar surface area (TPSA) is 98.6 Å². The molecule has 3 aromatic rings. The second kappa shape index (κ2) is 7.49. The van der Waals surface area contributed by atoms with Gasteiger partial charge in [-0.15, -0.1) is 0 Å². The van der Waals surface area contributed by atoms with Crippen molar-refractivity contribution in [2.24, 2.45) is 0 Å². The largest absolute Gasteiger partial charge is 0.355 e. The zero-order chi connectivity index (χ0) is 19.5. The number of aromatic nitrogens is 2. The van der Waals surface area contributed by atoms with Crippen LogP contribution in [0.2, 0.25) is 0 Å². The van der Waals surface area contributed by atoms with E-state index in [1.54, 1.807) is 0 Å². The molecule has 1 aromatic heterocycles. The molecule has 6 nitrogen and oxygen atoms in total. The van der Waals surface area contributed by atoms with E-state index in [2.05, 4.69) is 15.5 Å². The van der Waals surface area contributed by atoms with E-state index >= 15 is 0 Å². The molecule has 2 N–H and O–H groups in total. The Morgan fingerprint density at radius 2 is 1.88 bits per heavy atom. The maximum absolute atomic E-state index is 14.0. The Morgan fingerprint density at radius 3 is 2.50 bits per heavy atom. The van der Waals surface area contributed by atoms with Crippen LogP contribution in [0.4, 0.5) is 20.2 Å². The summed E-state index contributed by atoms with van der Waals surface area (Å²) in [5, 5.41) is 17.4. The number of halogens is 2. The summed E-state index contributed by atoms with van der Waals surface area (Å²) in [6, 6.07) is 8.03. The molecule has 0 saturated heterocycles. The Bertz CT molecular complexity index is 1100. The van der Waals surface area contributed by atoms with Crippen molar-refractivity contribution in [3.63, 3.8) is 0 Å². The van der Waals surface area contributed by atoms with E-state index in [-0.39, 0.29) is 32.7 Å². The molecule has 0 fully saturated rings. The summed E-state index contributed by atoms with van der Waals surface area (Å²) < 4.78 is 51.1. The van der Waals surface area contributed by atoms with E-state index < -0.39 is 21.6 Å². The SMILES string of the molecule is CC.CS(=O)(=O)c1ccc(Nc2cc(F)cc(C#N)c2)c2c(F)[nH]nc12. The van der Waals surface area contributed by atoms with E-state index in [1.165, 1.54) is 18.2 Å². The fourth-order valence-corrected chi connectivity index (χ4v) is 3.17. The molecule has 1 heterocycles. The first kappa shape index (κ1) is 19.3. The molecule has 2 aromatic carbocycles. The van der Waals surface area contributed by atoms with Crippen molar-refractivity contribution in [2.75, 3.05) is 11.6 Å². The highest BCUT2D eigenvalue weighted by Gasteiger charge is 2.20. The molecule has 26 heavy (non-hydrogen) atoms. The van der Waals surface area contributed by atoms with Gasteiger partial charge in [-0.1, -0.05) is 13.8 Å². The van der Waals surface area contributed by atoms with E-state index in [1.807, 2.05) is 19.9 Å². The van der Waals surface area contributed by atoms with Crippen LogP contribution in [0.3, 0.4) is 0 Å². The Kier molecular flexibility index (Phi) is 5.57. The molecule has 0 atom stereocenters. The highest BCUT2D eigenvalue weighted by Crippen LogP contribution is 2.32. The average Bonchev–Trinajstić information content (AvgIpc) is 2.97. The molecular weight excluding hydrogens is 362 g/mol. The summed E-state index contributed by atoms with van der Waals surface area (Å²) in [4.78, 5) is -0.125. The lowest BCUT2D eigenvalue weighted by Gasteiger charge is -2.10. The van der Waals surface area contributed by atoms with Crippen LogP contribution in [-0.2, 0) is 9.84 Å². The lowest BCUT2D eigenvalue weighted by molar-refractivity contribution is 0.588. The molecule has 0 unspecified atom stereocenters. The van der Waals surface area contributed by atoms with Crippen LogP contribution in [0.5, 0.6) is 0 Å². The first-order chi connectivity index (χ1) is 12.3. The van der Waals surface area contributed by atoms with Crippen molar-refractivity contribution in [3.8, 4) is 6.07 Å². The number of anilines is 2. The minimum atomic E-state index is -3.60. The van der Waals surface area contributed by atoms with Crippen LogP contribution in [0.15, 0.2) is 35.2 Å². The molecule has 9 heteroatoms. The molecule has 0 amide bonds. The van der Waals surface area contributed by atoms with Gasteiger partial charge in [0.2, 0.25) is 5.95 Å². The van der Waals surface area contributed by atoms with Crippen molar-refractivity contribution in [1.29, 1.82) is 5.26 Å². The zero-order valence-electron chi connectivity index (χ0n) is 14.3. The predicted molar refractivity (Wildman–Crippen MR) is 94.9 cm³/mol. The van der Waals surface area contributed by atoms with Gasteiger partial charge in [-0.2, -0.15) is 14.8 Å². The van der Waals surface area contributed by atoms with Crippen molar-refractivity contribution < 1.29 is 17.2 Å². The van der Waals surface area contributed by atoms with Crippen LogP contribution in [0.1, 0.15) is 19.4 Å². The number of nitrogens with one attached hydrogen (secondary N) is 2. The molecule has 0 spiro atoms. The van der Waals surface area contributed by atoms with Crippen LogP contribution in [-0.4, -0.2) is 24.9 Å². The summed E-state index contributed by atoms with van der Waals surface area (Å²) in [6.07, 6.45) is 0.993. The fourth-order valence-electron chi connectivity index (χ4n) is 2.35. The summed E-state index contributed by atoms with van der Waals surface area (Å²) in [6.45, 7) is 4.00. The monoisotopic (exact) mass is 378 g/mol. The van der Waals surface area contributed by atoms with Gasteiger partial charge in [-0.25, -0.2) is 12.8 Å². The molecule has 0 saturated carbocycles. The smallest absolute Gasteiger partial charge is 0.218 e. The number of sulfone groups is 1. The second-order valence-electron chi connectivity index (χ2n) is 5.11. The summed E-state index contributed by atoms with van der Waals surface area (Å²) in [5.41, 5.74) is 0.449. The fraction of sp³-hybridized carbons (Fsp3) is 0.176. The molecule has 0 radical (unpaired) electrons. The van der Waals surface area contributed by atoms with Gasteiger partial charge in [0.1, 0.15) is 11.3 Å². The Hall–Kier alpha value is -2.99. The highest BCUT2D eigenvalue weighted by atomic mass is 32.2. The third-order valence-electron chi connectivity index (χ3n) is 3.33. The zero-order valence-corrected chi connectivity index (χ0v) is 15.1. The number of hydrogen-bond acceptors (Lipinski definition) is 5. The van der Waals surface area contributed by atoms with E-state index in [0.717, 1.165) is 18.4 Å². The molecule has 0 aliphatic heterocycles. The number of benzene rings is 2. The maximum Gasteiger partial charge on any atom is 0.218 e. The number of fused-ring (bicyclic) bond motifs is 1. The summed E-state index contributed by atoms with van der Waals surface area (Å²) in [5.74, 6) is -1.46. The summed E-state index contributed by atoms with van der Waals surface area (Å²) >= 11 is 0. The normalized spacial score (nSPS) is 10.8. The quantitative estimate of drug-likeness (QED) is 0.720. The Morgan fingerprint density at radius 1 is 1.19 bits per heavy atom. The molecule has 136 valence electrons. The van der Waals surface area contributed by atoms with E-state index in [9.17, 15) is 17.2 Å². The number of rotatable bonds is 3. The summed E-state index contributed by atoms with van der Waals surface area (Å²) in [7, 11) is -3.60. The second-order valence-corrected chi connectivity index (χ2v) is 7.09. The number of nitrogens with zero attached hydrogens (tertiary/aromatic N) is 2. The highest BCUT2D eigenvalue weighted by molar-refractivity contribution is 7.91. The average molecular weight is 378 g/mol. The predicted octanol–water partition coefficient (Wildman–Crippen LogP) is 3.89. The lowest BCUT2D eigenvalue weighted by atomic mass is 10.1.